The number of benzene rings is 3. The summed E-state index contributed by atoms with van der Waals surface area (Å²) in [6.45, 7) is 4.42. The van der Waals surface area contributed by atoms with Gasteiger partial charge in [-0.25, -0.2) is 9.37 Å². The van der Waals surface area contributed by atoms with E-state index in [0.29, 0.717) is 49.3 Å². The standard InChI is InChI=1S/C40H46FN5O5/c1-48-35-22-30(23-36(49-2)37(35)50-3)25-45-20-16-40(38(45)47,24-28-8-10-31(41)11-9-28)15-19-44-17-12-32(13-18-44)46(26-29-14-21-51-27-29)39-42-33-6-4-5-7-34(33)43-39/h4-11,14,21-23,27,32H,12-13,15-20,24-26H2,1-3H3,(H,42,43). The lowest BCUT2D eigenvalue weighted by Crippen LogP contribution is -2.46. The van der Waals surface area contributed by atoms with Gasteiger partial charge in [0.15, 0.2) is 11.5 Å². The summed E-state index contributed by atoms with van der Waals surface area (Å²) in [5, 5.41) is 0. The maximum atomic E-state index is 14.5. The Kier molecular flexibility index (Phi) is 10.2. The summed E-state index contributed by atoms with van der Waals surface area (Å²) < 4.78 is 35.9. The number of likely N-dealkylation sites (tertiary alicyclic amines) is 2. The number of H-pyrrole nitrogens is 1. The number of rotatable bonds is 14. The average Bonchev–Trinajstić information content (AvgIpc) is 3.91. The van der Waals surface area contributed by atoms with Crippen LogP contribution in [-0.4, -0.2) is 79.2 Å². The number of nitrogens with zero attached hydrogens (tertiary/aromatic N) is 4. The zero-order chi connectivity index (χ0) is 35.4. The number of imidazole rings is 1. The maximum Gasteiger partial charge on any atom is 0.229 e. The summed E-state index contributed by atoms with van der Waals surface area (Å²) in [6.07, 6.45) is 7.49. The van der Waals surface area contributed by atoms with Gasteiger partial charge in [0.2, 0.25) is 17.6 Å². The van der Waals surface area contributed by atoms with Crippen LogP contribution in [-0.2, 0) is 24.3 Å². The minimum absolute atomic E-state index is 0.131. The van der Waals surface area contributed by atoms with Gasteiger partial charge in [-0.15, -0.1) is 0 Å². The van der Waals surface area contributed by atoms with E-state index in [1.54, 1.807) is 33.9 Å². The Labute approximate surface area is 298 Å². The largest absolute Gasteiger partial charge is 0.493 e. The molecule has 1 atom stereocenters. The van der Waals surface area contributed by atoms with E-state index in [1.807, 2.05) is 53.4 Å². The van der Waals surface area contributed by atoms with Gasteiger partial charge in [-0.3, -0.25) is 4.79 Å². The Hall–Kier alpha value is -5.03. The molecule has 11 heteroatoms. The van der Waals surface area contributed by atoms with Gasteiger partial charge in [0.1, 0.15) is 5.82 Å². The number of aromatic nitrogens is 2. The molecular formula is C40H46FN5O5. The molecule has 10 nitrogen and oxygen atoms in total. The fraction of sp³-hybridized carbons (Fsp3) is 0.400. The molecule has 0 spiro atoms. The summed E-state index contributed by atoms with van der Waals surface area (Å²) in [5.41, 5.74) is 4.37. The lowest BCUT2D eigenvalue weighted by atomic mass is 9.77. The highest BCUT2D eigenvalue weighted by Gasteiger charge is 2.46. The van der Waals surface area contributed by atoms with Crippen molar-refractivity contribution in [3.8, 4) is 17.2 Å². The van der Waals surface area contributed by atoms with Crippen LogP contribution < -0.4 is 19.1 Å². The number of hydrogen-bond acceptors (Lipinski definition) is 8. The second kappa shape index (κ2) is 15.1. The van der Waals surface area contributed by atoms with Crippen LogP contribution in [0.15, 0.2) is 83.7 Å². The van der Waals surface area contributed by atoms with Gasteiger partial charge < -0.3 is 38.3 Å². The third kappa shape index (κ3) is 7.39. The second-order valence-electron chi connectivity index (χ2n) is 13.8. The van der Waals surface area contributed by atoms with E-state index in [-0.39, 0.29) is 11.7 Å². The molecule has 2 aliphatic heterocycles. The molecule has 0 radical (unpaired) electrons. The van der Waals surface area contributed by atoms with Crippen LogP contribution in [0.1, 0.15) is 42.4 Å². The minimum atomic E-state index is -0.586. The first-order valence-electron chi connectivity index (χ1n) is 17.7. The van der Waals surface area contributed by atoms with Crippen molar-refractivity contribution in [2.24, 2.45) is 5.41 Å². The molecular weight excluding hydrogens is 649 g/mol. The average molecular weight is 696 g/mol. The summed E-state index contributed by atoms with van der Waals surface area (Å²) in [6, 6.07) is 20.8. The number of carbonyl (C=O) groups excluding carboxylic acids is 1. The van der Waals surface area contributed by atoms with Crippen molar-refractivity contribution in [1.29, 1.82) is 0 Å². The molecule has 3 aromatic carbocycles. The number of methoxy groups -OCH3 is 3. The highest BCUT2D eigenvalue weighted by molar-refractivity contribution is 5.85. The first kappa shape index (κ1) is 34.4. The van der Waals surface area contributed by atoms with Crippen LogP contribution in [0, 0.1) is 11.2 Å². The molecule has 0 saturated carbocycles. The van der Waals surface area contributed by atoms with E-state index in [1.165, 1.54) is 12.1 Å². The predicted molar refractivity (Wildman–Crippen MR) is 194 cm³/mol. The molecule has 7 rings (SSSR count). The number of fused-ring (bicyclic) bond motifs is 1. The Bertz CT molecular complexity index is 1860. The first-order chi connectivity index (χ1) is 24.9. The molecule has 0 bridgehead atoms. The van der Waals surface area contributed by atoms with Crippen molar-refractivity contribution in [2.75, 3.05) is 52.4 Å². The van der Waals surface area contributed by atoms with Crippen LogP contribution >= 0.6 is 0 Å². The van der Waals surface area contributed by atoms with Gasteiger partial charge in [-0.05, 0) is 92.2 Å². The Balaban J connectivity index is 1.05. The lowest BCUT2D eigenvalue weighted by molar-refractivity contribution is -0.137. The Morgan fingerprint density at radius 2 is 1.69 bits per heavy atom. The molecule has 0 aliphatic carbocycles. The lowest BCUT2D eigenvalue weighted by Gasteiger charge is -2.39. The number of anilines is 1. The van der Waals surface area contributed by atoms with Crippen molar-refractivity contribution in [2.45, 2.75) is 51.2 Å². The van der Waals surface area contributed by atoms with Gasteiger partial charge in [0, 0.05) is 44.3 Å². The quantitative estimate of drug-likeness (QED) is 0.135. The van der Waals surface area contributed by atoms with E-state index >= 15 is 0 Å². The number of aromatic amines is 1. The summed E-state index contributed by atoms with van der Waals surface area (Å²) in [7, 11) is 4.76. The molecule has 2 saturated heterocycles. The molecule has 5 aromatic rings. The van der Waals surface area contributed by atoms with Crippen LogP contribution in [0.5, 0.6) is 17.2 Å². The van der Waals surface area contributed by atoms with Crippen molar-refractivity contribution in [3.05, 3.63) is 102 Å². The fourth-order valence-corrected chi connectivity index (χ4v) is 7.83. The van der Waals surface area contributed by atoms with Crippen molar-refractivity contribution in [3.63, 3.8) is 0 Å². The zero-order valence-corrected chi connectivity index (χ0v) is 29.6. The molecule has 1 unspecified atom stereocenters. The highest BCUT2D eigenvalue weighted by Crippen LogP contribution is 2.42. The van der Waals surface area contributed by atoms with Gasteiger partial charge in [0.25, 0.3) is 0 Å². The first-order valence-corrected chi connectivity index (χ1v) is 17.7. The third-order valence-electron chi connectivity index (χ3n) is 10.6. The monoisotopic (exact) mass is 695 g/mol. The zero-order valence-electron chi connectivity index (χ0n) is 29.6. The molecule has 1 N–H and O–H groups in total. The molecule has 2 aliphatic rings. The molecule has 1 amide bonds. The van der Waals surface area contributed by atoms with Crippen LogP contribution in [0.25, 0.3) is 11.0 Å². The van der Waals surface area contributed by atoms with Crippen LogP contribution in [0.4, 0.5) is 10.3 Å². The number of para-hydroxylation sites is 2. The topological polar surface area (TPSA) is 96.3 Å². The van der Waals surface area contributed by atoms with Gasteiger partial charge in [-0.1, -0.05) is 24.3 Å². The SMILES string of the molecule is COc1cc(CN2CCC(CCN3CCC(N(Cc4ccoc4)c4nc5ccccc5[nH]4)CC3)(Cc3ccc(F)cc3)C2=O)cc(OC)c1OC. The number of halogens is 1. The van der Waals surface area contributed by atoms with Gasteiger partial charge >= 0.3 is 0 Å². The molecule has 2 aromatic heterocycles. The normalized spacial score (nSPS) is 18.4. The molecule has 4 heterocycles. The number of nitrogens with one attached hydrogen (secondary N) is 1. The van der Waals surface area contributed by atoms with Crippen molar-refractivity contribution >= 4 is 22.9 Å². The number of piperidine rings is 1. The van der Waals surface area contributed by atoms with E-state index < -0.39 is 5.41 Å². The summed E-state index contributed by atoms with van der Waals surface area (Å²) in [5.74, 6) is 2.37. The molecule has 268 valence electrons. The summed E-state index contributed by atoms with van der Waals surface area (Å²) >= 11 is 0. The van der Waals surface area contributed by atoms with Crippen LogP contribution in [0.3, 0.4) is 0 Å². The minimum Gasteiger partial charge on any atom is -0.493 e. The van der Waals surface area contributed by atoms with Crippen LogP contribution in [0.2, 0.25) is 0 Å². The van der Waals surface area contributed by atoms with E-state index in [2.05, 4.69) is 20.9 Å². The number of ether oxygens (including phenoxy) is 3. The molecule has 2 fully saturated rings. The molecule has 51 heavy (non-hydrogen) atoms. The second-order valence-corrected chi connectivity index (χ2v) is 13.8. The number of hydrogen-bond donors (Lipinski definition) is 1. The van der Waals surface area contributed by atoms with Crippen molar-refractivity contribution in [1.82, 2.24) is 19.8 Å². The number of carbonyl (C=O) groups is 1. The number of furan rings is 1. The maximum absolute atomic E-state index is 14.5. The summed E-state index contributed by atoms with van der Waals surface area (Å²) in [4.78, 5) is 29.7. The van der Waals surface area contributed by atoms with E-state index in [9.17, 15) is 9.18 Å². The third-order valence-corrected chi connectivity index (χ3v) is 10.6. The Morgan fingerprint density at radius 1 is 0.941 bits per heavy atom. The van der Waals surface area contributed by atoms with E-state index in [0.717, 1.165) is 79.0 Å². The van der Waals surface area contributed by atoms with Gasteiger partial charge in [0.05, 0.1) is 50.3 Å². The van der Waals surface area contributed by atoms with E-state index in [4.69, 9.17) is 23.6 Å². The van der Waals surface area contributed by atoms with Crippen molar-refractivity contribution < 1.29 is 27.8 Å². The highest BCUT2D eigenvalue weighted by atomic mass is 19.1. The Morgan fingerprint density at radius 3 is 2.35 bits per heavy atom. The van der Waals surface area contributed by atoms with Gasteiger partial charge in [-0.2, -0.15) is 0 Å². The predicted octanol–water partition coefficient (Wildman–Crippen LogP) is 6.84. The smallest absolute Gasteiger partial charge is 0.229 e. The fourth-order valence-electron chi connectivity index (χ4n) is 7.83. The number of amides is 1.